The molecule has 0 atom stereocenters. The van der Waals surface area contributed by atoms with Crippen LogP contribution in [0.1, 0.15) is 15.9 Å². The molecule has 2 N–H and O–H groups in total. The van der Waals surface area contributed by atoms with Gasteiger partial charge in [-0.05, 0) is 18.1 Å². The summed E-state index contributed by atoms with van der Waals surface area (Å²) in [5, 5.41) is 12.0. The molecule has 6 heteroatoms. The Labute approximate surface area is 110 Å². The molecule has 0 saturated carbocycles. The first-order valence-electron chi connectivity index (χ1n) is 6.22. The highest BCUT2D eigenvalue weighted by Gasteiger charge is 2.16. The zero-order chi connectivity index (χ0) is 13.8. The first-order valence-corrected chi connectivity index (χ1v) is 6.22. The molecule has 2 rings (SSSR count). The van der Waals surface area contributed by atoms with E-state index < -0.39 is 23.2 Å². The smallest absolute Gasteiger partial charge is 0.338 e. The van der Waals surface area contributed by atoms with E-state index in [1.165, 1.54) is 0 Å². The van der Waals surface area contributed by atoms with Gasteiger partial charge in [-0.1, -0.05) is 0 Å². The quantitative estimate of drug-likeness (QED) is 0.860. The predicted molar refractivity (Wildman–Crippen MR) is 66.3 cm³/mol. The maximum Gasteiger partial charge on any atom is 0.338 e. The highest BCUT2D eigenvalue weighted by molar-refractivity contribution is 5.88. The summed E-state index contributed by atoms with van der Waals surface area (Å²) in [6.07, 6.45) is 0.381. The molecule has 1 aromatic rings. The number of carboxylic acids is 1. The summed E-state index contributed by atoms with van der Waals surface area (Å²) >= 11 is 0. The standard InChI is InChI=1S/C13H16F2N2O2/c14-11-8-12(15)10(13(18)19)7-9(11)1-4-17-5-2-16-3-6-17/h7-8,16H,1-6H2,(H,18,19). The molecule has 4 nitrogen and oxygen atoms in total. The highest BCUT2D eigenvalue weighted by Crippen LogP contribution is 2.16. The molecule has 1 aliphatic heterocycles. The minimum Gasteiger partial charge on any atom is -0.478 e. The lowest BCUT2D eigenvalue weighted by atomic mass is 10.1. The third-order valence-corrected chi connectivity index (χ3v) is 3.27. The van der Waals surface area contributed by atoms with Crippen molar-refractivity contribution in [1.29, 1.82) is 0 Å². The molecule has 0 amide bonds. The van der Waals surface area contributed by atoms with Crippen LogP contribution >= 0.6 is 0 Å². The topological polar surface area (TPSA) is 52.6 Å². The maximum atomic E-state index is 13.6. The van der Waals surface area contributed by atoms with Gasteiger partial charge in [0.05, 0.1) is 5.56 Å². The molecular formula is C13H16F2N2O2. The zero-order valence-corrected chi connectivity index (χ0v) is 10.5. The van der Waals surface area contributed by atoms with Crippen LogP contribution in [0.15, 0.2) is 12.1 Å². The molecule has 1 fully saturated rings. The second kappa shape index (κ2) is 6.08. The van der Waals surface area contributed by atoms with Crippen molar-refractivity contribution in [3.63, 3.8) is 0 Å². The predicted octanol–water partition coefficient (Wildman–Crippen LogP) is 1.11. The van der Waals surface area contributed by atoms with Gasteiger partial charge in [0.2, 0.25) is 0 Å². The molecule has 1 heterocycles. The second-order valence-corrected chi connectivity index (χ2v) is 4.57. The Kier molecular flexibility index (Phi) is 4.44. The molecule has 0 bridgehead atoms. The monoisotopic (exact) mass is 270 g/mol. The van der Waals surface area contributed by atoms with Gasteiger partial charge in [0.15, 0.2) is 0 Å². The Bertz CT molecular complexity index is 474. The van der Waals surface area contributed by atoms with Crippen LogP contribution in [-0.2, 0) is 6.42 Å². The molecule has 0 radical (unpaired) electrons. The number of carbonyl (C=O) groups is 1. The van der Waals surface area contributed by atoms with E-state index >= 15 is 0 Å². The summed E-state index contributed by atoms with van der Waals surface area (Å²) in [4.78, 5) is 13.0. The van der Waals surface area contributed by atoms with E-state index in [-0.39, 0.29) is 5.56 Å². The van der Waals surface area contributed by atoms with Crippen LogP contribution in [-0.4, -0.2) is 48.7 Å². The molecular weight excluding hydrogens is 254 g/mol. The van der Waals surface area contributed by atoms with E-state index in [2.05, 4.69) is 10.2 Å². The van der Waals surface area contributed by atoms with Crippen molar-refractivity contribution in [2.24, 2.45) is 0 Å². The maximum absolute atomic E-state index is 13.6. The van der Waals surface area contributed by atoms with E-state index in [9.17, 15) is 13.6 Å². The average molecular weight is 270 g/mol. The fraction of sp³-hybridized carbons (Fsp3) is 0.462. The van der Waals surface area contributed by atoms with Gasteiger partial charge < -0.3 is 15.3 Å². The zero-order valence-electron chi connectivity index (χ0n) is 10.5. The second-order valence-electron chi connectivity index (χ2n) is 4.57. The Hall–Kier alpha value is -1.53. The van der Waals surface area contributed by atoms with Crippen molar-refractivity contribution in [3.8, 4) is 0 Å². The summed E-state index contributed by atoms with van der Waals surface area (Å²) in [5.41, 5.74) is -0.228. The lowest BCUT2D eigenvalue weighted by Gasteiger charge is -2.27. The molecule has 1 aliphatic rings. The van der Waals surface area contributed by atoms with Crippen molar-refractivity contribution in [2.75, 3.05) is 32.7 Å². The van der Waals surface area contributed by atoms with Crippen LogP contribution < -0.4 is 5.32 Å². The number of rotatable bonds is 4. The van der Waals surface area contributed by atoms with Gasteiger partial charge in [0.25, 0.3) is 0 Å². The van der Waals surface area contributed by atoms with Gasteiger partial charge >= 0.3 is 5.97 Å². The number of hydrogen-bond donors (Lipinski definition) is 2. The van der Waals surface area contributed by atoms with E-state index in [0.717, 1.165) is 32.2 Å². The summed E-state index contributed by atoms with van der Waals surface area (Å²) in [7, 11) is 0. The summed E-state index contributed by atoms with van der Waals surface area (Å²) in [6.45, 7) is 4.20. The highest BCUT2D eigenvalue weighted by atomic mass is 19.1. The van der Waals surface area contributed by atoms with Crippen LogP contribution in [0.3, 0.4) is 0 Å². The largest absolute Gasteiger partial charge is 0.478 e. The number of piperazine rings is 1. The van der Waals surface area contributed by atoms with Crippen LogP contribution in [0.2, 0.25) is 0 Å². The summed E-state index contributed by atoms with van der Waals surface area (Å²) < 4.78 is 26.8. The van der Waals surface area contributed by atoms with Crippen molar-refractivity contribution in [1.82, 2.24) is 10.2 Å². The van der Waals surface area contributed by atoms with E-state index in [1.54, 1.807) is 0 Å². The van der Waals surface area contributed by atoms with Gasteiger partial charge in [-0.25, -0.2) is 13.6 Å². The number of halogens is 2. The van der Waals surface area contributed by atoms with Crippen LogP contribution in [0.5, 0.6) is 0 Å². The van der Waals surface area contributed by atoms with Crippen molar-refractivity contribution >= 4 is 5.97 Å². The Balaban J connectivity index is 2.06. The summed E-state index contributed by atoms with van der Waals surface area (Å²) in [5.74, 6) is -3.09. The third-order valence-electron chi connectivity index (χ3n) is 3.27. The van der Waals surface area contributed by atoms with Crippen molar-refractivity contribution in [3.05, 3.63) is 34.9 Å². The van der Waals surface area contributed by atoms with Crippen molar-refractivity contribution < 1.29 is 18.7 Å². The lowest BCUT2D eigenvalue weighted by molar-refractivity contribution is 0.0691. The fourth-order valence-electron chi connectivity index (χ4n) is 2.16. The minimum absolute atomic E-state index is 0.248. The molecule has 1 aromatic carbocycles. The molecule has 104 valence electrons. The van der Waals surface area contributed by atoms with Gasteiger partial charge in [0.1, 0.15) is 11.6 Å². The number of nitrogens with one attached hydrogen (secondary N) is 1. The van der Waals surface area contributed by atoms with E-state index in [0.29, 0.717) is 19.0 Å². The fourth-order valence-corrected chi connectivity index (χ4v) is 2.16. The first kappa shape index (κ1) is 13.9. The molecule has 0 aliphatic carbocycles. The minimum atomic E-state index is -1.37. The molecule has 0 spiro atoms. The van der Waals surface area contributed by atoms with Crippen LogP contribution in [0.4, 0.5) is 8.78 Å². The van der Waals surface area contributed by atoms with E-state index in [4.69, 9.17) is 5.11 Å². The van der Waals surface area contributed by atoms with Crippen molar-refractivity contribution in [2.45, 2.75) is 6.42 Å². The van der Waals surface area contributed by atoms with Gasteiger partial charge in [-0.2, -0.15) is 0 Å². The van der Waals surface area contributed by atoms with E-state index in [1.807, 2.05) is 0 Å². The third kappa shape index (κ3) is 3.48. The SMILES string of the molecule is O=C(O)c1cc(CCN2CCNCC2)c(F)cc1F. The molecule has 19 heavy (non-hydrogen) atoms. The van der Waals surface area contributed by atoms with Gasteiger partial charge in [-0.3, -0.25) is 0 Å². The normalized spacial score (nSPS) is 16.5. The molecule has 1 saturated heterocycles. The number of nitrogens with zero attached hydrogens (tertiary/aromatic N) is 1. The number of hydrogen-bond acceptors (Lipinski definition) is 3. The lowest BCUT2D eigenvalue weighted by Crippen LogP contribution is -2.44. The van der Waals surface area contributed by atoms with Gasteiger partial charge in [-0.15, -0.1) is 0 Å². The molecule has 0 unspecified atom stereocenters. The number of aromatic carboxylic acids is 1. The Morgan fingerprint density at radius 2 is 1.95 bits per heavy atom. The van der Waals surface area contributed by atoms with Crippen LogP contribution in [0, 0.1) is 11.6 Å². The van der Waals surface area contributed by atoms with Crippen LogP contribution in [0.25, 0.3) is 0 Å². The van der Waals surface area contributed by atoms with Gasteiger partial charge in [0, 0.05) is 38.8 Å². The average Bonchev–Trinajstić information content (AvgIpc) is 2.38. The first-order chi connectivity index (χ1) is 9.08. The number of carboxylic acid groups (broad SMARTS) is 1. The summed E-state index contributed by atoms with van der Waals surface area (Å²) in [6, 6.07) is 1.74. The Morgan fingerprint density at radius 1 is 1.26 bits per heavy atom. The molecule has 0 aromatic heterocycles. The number of benzene rings is 1. The Morgan fingerprint density at radius 3 is 2.58 bits per heavy atom.